The summed E-state index contributed by atoms with van der Waals surface area (Å²) in [6.07, 6.45) is 6.77. The Morgan fingerprint density at radius 3 is 2.19 bits per heavy atom. The number of rotatable bonds is 2. The van der Waals surface area contributed by atoms with Crippen LogP contribution in [0, 0.1) is 0 Å². The second-order valence-electron chi connectivity index (χ2n) is 4.37. The van der Waals surface area contributed by atoms with Crippen molar-refractivity contribution in [3.8, 4) is 0 Å². The van der Waals surface area contributed by atoms with Gasteiger partial charge in [-0.15, -0.1) is 0 Å². The van der Waals surface area contributed by atoms with Crippen LogP contribution in [0.2, 0.25) is 0 Å². The summed E-state index contributed by atoms with van der Waals surface area (Å²) >= 11 is 6.47. The fourth-order valence-corrected chi connectivity index (χ4v) is 2.32. The average Bonchev–Trinajstić information content (AvgIpc) is 2.54. The summed E-state index contributed by atoms with van der Waals surface area (Å²) < 4.78 is 0. The Hall–Kier alpha value is -0.890. The molecular weight excluding hydrogens is 220 g/mol. The molecule has 1 aromatic carbocycles. The number of halogens is 1. The van der Waals surface area contributed by atoms with Gasteiger partial charge in [-0.2, -0.15) is 10.2 Å². The first-order chi connectivity index (χ1) is 7.79. The van der Waals surface area contributed by atoms with Gasteiger partial charge < -0.3 is 0 Å². The third-order valence-corrected chi connectivity index (χ3v) is 3.42. The fourth-order valence-electron chi connectivity index (χ4n) is 2.01. The molecule has 0 unspecified atom stereocenters. The number of benzene rings is 1. The summed E-state index contributed by atoms with van der Waals surface area (Å²) in [6.45, 7) is 0. The molecule has 3 heteroatoms. The second kappa shape index (κ2) is 5.44. The molecule has 16 heavy (non-hydrogen) atoms. The lowest BCUT2D eigenvalue weighted by Gasteiger charge is -2.18. The molecule has 0 aliphatic heterocycles. The van der Waals surface area contributed by atoms with E-state index in [1.165, 1.54) is 12.8 Å². The number of hydrogen-bond donors (Lipinski definition) is 0. The van der Waals surface area contributed by atoms with Gasteiger partial charge in [-0.1, -0.05) is 42.6 Å². The average molecular weight is 237 g/mol. The van der Waals surface area contributed by atoms with Crippen molar-refractivity contribution in [3.63, 3.8) is 0 Å². The molecule has 1 fully saturated rings. The predicted octanol–water partition coefficient (Wildman–Crippen LogP) is 5.06. The Labute approximate surface area is 102 Å². The molecule has 0 amide bonds. The number of azo groups is 1. The van der Waals surface area contributed by atoms with Crippen LogP contribution in [0.1, 0.15) is 38.5 Å². The molecule has 0 heterocycles. The minimum Gasteiger partial charge on any atom is -0.166 e. The van der Waals surface area contributed by atoms with Crippen LogP contribution < -0.4 is 0 Å². The monoisotopic (exact) mass is 236 g/mol. The summed E-state index contributed by atoms with van der Waals surface area (Å²) in [5.41, 5.74) is 0.881. The molecule has 0 atom stereocenters. The smallest absolute Gasteiger partial charge is 0.155 e. The quantitative estimate of drug-likeness (QED) is 0.297. The minimum atomic E-state index is -0.452. The molecule has 86 valence electrons. The molecule has 2 rings (SSSR count). The van der Waals surface area contributed by atoms with Gasteiger partial charge in [0.2, 0.25) is 0 Å². The van der Waals surface area contributed by atoms with Crippen molar-refractivity contribution in [2.75, 3.05) is 0 Å². The summed E-state index contributed by atoms with van der Waals surface area (Å²) in [5, 5.41) is 8.57. The molecule has 0 aromatic heterocycles. The van der Waals surface area contributed by atoms with Crippen LogP contribution >= 0.6 is 11.6 Å². The number of hydrogen-bond acceptors (Lipinski definition) is 2. The van der Waals surface area contributed by atoms with Gasteiger partial charge in [0.05, 0.1) is 5.69 Å². The third-order valence-electron chi connectivity index (χ3n) is 2.97. The van der Waals surface area contributed by atoms with E-state index in [4.69, 9.17) is 11.6 Å². The van der Waals surface area contributed by atoms with Crippen LogP contribution in [-0.2, 0) is 0 Å². The molecule has 0 bridgehead atoms. The van der Waals surface area contributed by atoms with Crippen molar-refractivity contribution in [1.29, 1.82) is 0 Å². The van der Waals surface area contributed by atoms with E-state index in [2.05, 4.69) is 10.2 Å². The Balaban J connectivity index is 2.04. The van der Waals surface area contributed by atoms with Crippen LogP contribution in [-0.4, -0.2) is 5.00 Å². The van der Waals surface area contributed by atoms with E-state index in [0.29, 0.717) is 0 Å². The highest BCUT2D eigenvalue weighted by molar-refractivity contribution is 6.23. The predicted molar refractivity (Wildman–Crippen MR) is 67.2 cm³/mol. The van der Waals surface area contributed by atoms with E-state index in [0.717, 1.165) is 31.4 Å². The van der Waals surface area contributed by atoms with Crippen molar-refractivity contribution in [3.05, 3.63) is 30.3 Å². The first-order valence-electron chi connectivity index (χ1n) is 5.95. The van der Waals surface area contributed by atoms with Gasteiger partial charge in [0, 0.05) is 0 Å². The molecule has 0 radical (unpaired) electrons. The molecular formula is C13H17ClN2. The molecule has 1 saturated carbocycles. The van der Waals surface area contributed by atoms with Crippen molar-refractivity contribution < 1.29 is 0 Å². The maximum Gasteiger partial charge on any atom is 0.155 e. The molecule has 2 nitrogen and oxygen atoms in total. The first-order valence-corrected chi connectivity index (χ1v) is 6.33. The van der Waals surface area contributed by atoms with Gasteiger partial charge >= 0.3 is 0 Å². The molecule has 0 spiro atoms. The van der Waals surface area contributed by atoms with E-state index < -0.39 is 5.00 Å². The maximum atomic E-state index is 6.47. The summed E-state index contributed by atoms with van der Waals surface area (Å²) in [7, 11) is 0. The van der Waals surface area contributed by atoms with E-state index in [1.807, 2.05) is 30.3 Å². The van der Waals surface area contributed by atoms with E-state index in [-0.39, 0.29) is 0 Å². The van der Waals surface area contributed by atoms with Crippen LogP contribution in [0.25, 0.3) is 0 Å². The van der Waals surface area contributed by atoms with Crippen molar-refractivity contribution in [1.82, 2.24) is 0 Å². The normalized spacial score (nSPS) is 20.8. The lowest BCUT2D eigenvalue weighted by molar-refractivity contribution is 0.502. The summed E-state index contributed by atoms with van der Waals surface area (Å²) in [5.74, 6) is 0. The van der Waals surface area contributed by atoms with E-state index in [9.17, 15) is 0 Å². The number of nitrogens with zero attached hydrogens (tertiary/aromatic N) is 2. The van der Waals surface area contributed by atoms with Crippen molar-refractivity contribution in [2.45, 2.75) is 43.5 Å². The lowest BCUT2D eigenvalue weighted by atomic mass is 10.1. The molecule has 1 aliphatic rings. The Morgan fingerprint density at radius 2 is 1.56 bits per heavy atom. The van der Waals surface area contributed by atoms with Gasteiger partial charge in [0.1, 0.15) is 0 Å². The molecule has 0 saturated heterocycles. The standard InChI is InChI=1S/C13H17ClN2/c14-13(10-6-1-2-7-11-13)16-15-12-8-4-3-5-9-12/h3-5,8-9H,1-2,6-7,10-11H2. The zero-order chi connectivity index (χ0) is 11.3. The van der Waals surface area contributed by atoms with Crippen molar-refractivity contribution in [2.24, 2.45) is 10.2 Å². The summed E-state index contributed by atoms with van der Waals surface area (Å²) in [4.78, 5) is -0.452. The van der Waals surface area contributed by atoms with Crippen LogP contribution in [0.4, 0.5) is 5.69 Å². The van der Waals surface area contributed by atoms with Gasteiger partial charge in [0.25, 0.3) is 0 Å². The van der Waals surface area contributed by atoms with Gasteiger partial charge in [-0.3, -0.25) is 0 Å². The highest BCUT2D eigenvalue weighted by Gasteiger charge is 2.27. The minimum absolute atomic E-state index is 0.452. The van der Waals surface area contributed by atoms with Crippen LogP contribution in [0.3, 0.4) is 0 Å². The van der Waals surface area contributed by atoms with Crippen LogP contribution in [0.15, 0.2) is 40.6 Å². The first kappa shape index (κ1) is 11.6. The van der Waals surface area contributed by atoms with Gasteiger partial charge in [-0.05, 0) is 37.8 Å². The SMILES string of the molecule is ClC1(N=Nc2ccccc2)CCCCCC1. The highest BCUT2D eigenvalue weighted by atomic mass is 35.5. The maximum absolute atomic E-state index is 6.47. The Kier molecular flexibility index (Phi) is 3.94. The second-order valence-corrected chi connectivity index (χ2v) is 5.07. The van der Waals surface area contributed by atoms with Gasteiger partial charge in [-0.25, -0.2) is 0 Å². The topological polar surface area (TPSA) is 24.7 Å². The lowest BCUT2D eigenvalue weighted by Crippen LogP contribution is -2.15. The van der Waals surface area contributed by atoms with E-state index >= 15 is 0 Å². The molecule has 1 aromatic rings. The van der Waals surface area contributed by atoms with Crippen molar-refractivity contribution >= 4 is 17.3 Å². The van der Waals surface area contributed by atoms with Gasteiger partial charge in [0.15, 0.2) is 5.00 Å². The van der Waals surface area contributed by atoms with Crippen LogP contribution in [0.5, 0.6) is 0 Å². The molecule has 0 N–H and O–H groups in total. The zero-order valence-electron chi connectivity index (χ0n) is 9.40. The Bertz CT molecular complexity index is 340. The Morgan fingerprint density at radius 1 is 0.938 bits per heavy atom. The fraction of sp³-hybridized carbons (Fsp3) is 0.538. The molecule has 1 aliphatic carbocycles. The number of alkyl halides is 1. The highest BCUT2D eigenvalue weighted by Crippen LogP contribution is 2.35. The summed E-state index contributed by atoms with van der Waals surface area (Å²) in [6, 6.07) is 9.78. The zero-order valence-corrected chi connectivity index (χ0v) is 10.2. The largest absolute Gasteiger partial charge is 0.166 e. The third kappa shape index (κ3) is 3.31. The van der Waals surface area contributed by atoms with E-state index in [1.54, 1.807) is 0 Å².